The summed E-state index contributed by atoms with van der Waals surface area (Å²) >= 11 is 0. The van der Waals surface area contributed by atoms with E-state index in [1.165, 1.54) is 12.1 Å². The summed E-state index contributed by atoms with van der Waals surface area (Å²) in [6.07, 6.45) is 5.71. The van der Waals surface area contributed by atoms with Crippen LogP contribution in [-0.2, 0) is 0 Å². The van der Waals surface area contributed by atoms with Gasteiger partial charge in [-0.15, -0.1) is 0 Å². The van der Waals surface area contributed by atoms with E-state index in [2.05, 4.69) is 4.99 Å². The van der Waals surface area contributed by atoms with E-state index < -0.39 is 4.92 Å². The lowest BCUT2D eigenvalue weighted by Gasteiger charge is -2.12. The Kier molecular flexibility index (Phi) is 2.58. The van der Waals surface area contributed by atoms with Crippen LogP contribution in [0.15, 0.2) is 41.4 Å². The molecule has 0 spiro atoms. The second-order valence-corrected chi connectivity index (χ2v) is 3.35. The maximum Gasteiger partial charge on any atom is 0.269 e. The molecule has 1 aromatic rings. The van der Waals surface area contributed by atoms with Gasteiger partial charge in [0.2, 0.25) is 0 Å². The van der Waals surface area contributed by atoms with E-state index in [9.17, 15) is 10.1 Å². The van der Waals surface area contributed by atoms with E-state index in [0.29, 0.717) is 6.54 Å². The molecule has 4 heteroatoms. The monoisotopic (exact) mass is 202 g/mol. The zero-order valence-electron chi connectivity index (χ0n) is 8.04. The van der Waals surface area contributed by atoms with Gasteiger partial charge in [0.25, 0.3) is 5.69 Å². The number of nitrogens with zero attached hydrogens (tertiary/aromatic N) is 2. The van der Waals surface area contributed by atoms with Crippen molar-refractivity contribution in [1.29, 1.82) is 0 Å². The maximum absolute atomic E-state index is 10.5. The molecule has 0 amide bonds. The van der Waals surface area contributed by atoms with Gasteiger partial charge in [-0.1, -0.05) is 18.2 Å². The molecule has 1 heterocycles. The molecule has 15 heavy (non-hydrogen) atoms. The van der Waals surface area contributed by atoms with Crippen molar-refractivity contribution in [3.05, 3.63) is 52.1 Å². The molecule has 0 N–H and O–H groups in total. The number of non-ortho nitro benzene ring substituents is 1. The second kappa shape index (κ2) is 4.04. The van der Waals surface area contributed by atoms with Crippen molar-refractivity contribution in [1.82, 2.24) is 0 Å². The van der Waals surface area contributed by atoms with Crippen molar-refractivity contribution in [3.63, 3.8) is 0 Å². The van der Waals surface area contributed by atoms with Gasteiger partial charge in [0, 0.05) is 30.8 Å². The van der Waals surface area contributed by atoms with Crippen LogP contribution in [0.25, 0.3) is 0 Å². The predicted octanol–water partition coefficient (Wildman–Crippen LogP) is 2.32. The normalized spacial score (nSPS) is 19.1. The average Bonchev–Trinajstić information content (AvgIpc) is 2.30. The van der Waals surface area contributed by atoms with Crippen molar-refractivity contribution in [2.45, 2.75) is 5.92 Å². The van der Waals surface area contributed by atoms with E-state index >= 15 is 0 Å². The highest BCUT2D eigenvalue weighted by Crippen LogP contribution is 2.22. The lowest BCUT2D eigenvalue weighted by molar-refractivity contribution is -0.384. The van der Waals surface area contributed by atoms with Crippen molar-refractivity contribution in [2.75, 3.05) is 6.54 Å². The fourth-order valence-corrected chi connectivity index (χ4v) is 1.54. The smallest absolute Gasteiger partial charge is 0.269 e. The summed E-state index contributed by atoms with van der Waals surface area (Å²) < 4.78 is 0. The van der Waals surface area contributed by atoms with Gasteiger partial charge >= 0.3 is 0 Å². The highest BCUT2D eigenvalue weighted by molar-refractivity contribution is 5.72. The first-order valence-corrected chi connectivity index (χ1v) is 4.68. The average molecular weight is 202 g/mol. The number of nitro groups is 1. The molecule has 1 aromatic carbocycles. The third-order valence-electron chi connectivity index (χ3n) is 2.37. The van der Waals surface area contributed by atoms with Gasteiger partial charge in [-0.25, -0.2) is 0 Å². The lowest BCUT2D eigenvalue weighted by atomic mass is 9.97. The highest BCUT2D eigenvalue weighted by Gasteiger charge is 2.11. The lowest BCUT2D eigenvalue weighted by Crippen LogP contribution is -2.03. The molecule has 0 bridgehead atoms. The van der Waals surface area contributed by atoms with Crippen molar-refractivity contribution < 1.29 is 4.92 Å². The van der Waals surface area contributed by atoms with Crippen LogP contribution < -0.4 is 0 Å². The summed E-state index contributed by atoms with van der Waals surface area (Å²) in [4.78, 5) is 14.2. The number of aliphatic imine (C=N–C) groups is 1. The van der Waals surface area contributed by atoms with Crippen LogP contribution in [0.4, 0.5) is 5.69 Å². The number of hydrogen-bond donors (Lipinski definition) is 0. The minimum Gasteiger partial charge on any atom is -0.292 e. The molecule has 0 saturated heterocycles. The van der Waals surface area contributed by atoms with Crippen LogP contribution >= 0.6 is 0 Å². The summed E-state index contributed by atoms with van der Waals surface area (Å²) in [5, 5.41) is 10.5. The number of dihydropyridines is 1. The number of benzene rings is 1. The molecule has 0 saturated carbocycles. The van der Waals surface area contributed by atoms with E-state index in [1.54, 1.807) is 18.3 Å². The van der Waals surface area contributed by atoms with E-state index in [4.69, 9.17) is 0 Å². The third-order valence-corrected chi connectivity index (χ3v) is 2.37. The summed E-state index contributed by atoms with van der Waals surface area (Å²) in [5.41, 5.74) is 1.19. The van der Waals surface area contributed by atoms with E-state index in [0.717, 1.165) is 5.56 Å². The SMILES string of the molecule is O=[N+]([O-])c1ccc(C2C=CC=NC2)cc1. The van der Waals surface area contributed by atoms with Gasteiger partial charge < -0.3 is 0 Å². The Hall–Kier alpha value is -1.97. The molecule has 1 aliphatic heterocycles. The van der Waals surface area contributed by atoms with Gasteiger partial charge in [0.1, 0.15) is 0 Å². The standard InChI is InChI=1S/C11H10N2O2/c14-13(15)11-5-3-9(4-6-11)10-2-1-7-12-8-10/h1-7,10H,8H2. The van der Waals surface area contributed by atoms with E-state index in [-0.39, 0.29) is 11.6 Å². The quantitative estimate of drug-likeness (QED) is 0.545. The van der Waals surface area contributed by atoms with Crippen molar-refractivity contribution in [2.24, 2.45) is 4.99 Å². The molecule has 1 atom stereocenters. The van der Waals surface area contributed by atoms with Crippen molar-refractivity contribution >= 4 is 11.9 Å². The molecule has 1 aliphatic rings. The Morgan fingerprint density at radius 1 is 1.33 bits per heavy atom. The van der Waals surface area contributed by atoms with Crippen molar-refractivity contribution in [3.8, 4) is 0 Å². The predicted molar refractivity (Wildman–Crippen MR) is 58.3 cm³/mol. The third kappa shape index (κ3) is 2.10. The van der Waals surface area contributed by atoms with Crippen LogP contribution in [-0.4, -0.2) is 17.7 Å². The van der Waals surface area contributed by atoms with Crippen LogP contribution in [0.3, 0.4) is 0 Å². The molecule has 0 fully saturated rings. The fraction of sp³-hybridized carbons (Fsp3) is 0.182. The Morgan fingerprint density at radius 2 is 2.07 bits per heavy atom. The van der Waals surface area contributed by atoms with Gasteiger partial charge in [-0.3, -0.25) is 15.1 Å². The minimum atomic E-state index is -0.390. The summed E-state index contributed by atoms with van der Waals surface area (Å²) in [7, 11) is 0. The molecule has 0 aromatic heterocycles. The zero-order valence-corrected chi connectivity index (χ0v) is 8.04. The van der Waals surface area contributed by atoms with Crippen LogP contribution in [0.1, 0.15) is 11.5 Å². The topological polar surface area (TPSA) is 55.5 Å². The minimum absolute atomic E-state index is 0.127. The number of allylic oxidation sites excluding steroid dienone is 1. The fourth-order valence-electron chi connectivity index (χ4n) is 1.54. The van der Waals surface area contributed by atoms with Gasteiger partial charge in [-0.2, -0.15) is 0 Å². The second-order valence-electron chi connectivity index (χ2n) is 3.35. The molecule has 2 rings (SSSR count). The molecule has 0 radical (unpaired) electrons. The zero-order chi connectivity index (χ0) is 10.7. The summed E-state index contributed by atoms with van der Waals surface area (Å²) in [6, 6.07) is 6.63. The first kappa shape index (κ1) is 9.58. The Morgan fingerprint density at radius 3 is 2.60 bits per heavy atom. The number of rotatable bonds is 2. The molecule has 0 aliphatic carbocycles. The molecule has 1 unspecified atom stereocenters. The van der Waals surface area contributed by atoms with E-state index in [1.807, 2.05) is 12.2 Å². The van der Waals surface area contributed by atoms with Gasteiger partial charge in [0.05, 0.1) is 4.92 Å². The highest BCUT2D eigenvalue weighted by atomic mass is 16.6. The van der Waals surface area contributed by atoms with Gasteiger partial charge in [0.15, 0.2) is 0 Å². The molecule has 4 nitrogen and oxygen atoms in total. The Bertz CT molecular complexity index is 421. The summed E-state index contributed by atoms with van der Waals surface area (Å²) in [5.74, 6) is 0.246. The molecule has 76 valence electrons. The van der Waals surface area contributed by atoms with Crippen LogP contribution in [0.5, 0.6) is 0 Å². The Balaban J connectivity index is 2.20. The Labute approximate surface area is 87.1 Å². The maximum atomic E-state index is 10.5. The largest absolute Gasteiger partial charge is 0.292 e. The van der Waals surface area contributed by atoms with Crippen LogP contribution in [0, 0.1) is 10.1 Å². The van der Waals surface area contributed by atoms with Gasteiger partial charge in [-0.05, 0) is 11.6 Å². The molecular formula is C11H10N2O2. The first-order valence-electron chi connectivity index (χ1n) is 4.68. The number of hydrogen-bond acceptors (Lipinski definition) is 3. The van der Waals surface area contributed by atoms with Crippen LogP contribution in [0.2, 0.25) is 0 Å². The first-order chi connectivity index (χ1) is 7.27. The summed E-state index contributed by atoms with van der Waals surface area (Å²) in [6.45, 7) is 0.717. The molecular weight excluding hydrogens is 192 g/mol. The number of nitro benzene ring substituents is 1.